The molecule has 0 atom stereocenters. The zero-order valence-corrected chi connectivity index (χ0v) is 11.9. The number of rotatable bonds is 4. The van der Waals surface area contributed by atoms with Gasteiger partial charge in [-0.25, -0.2) is 20.5 Å². The van der Waals surface area contributed by atoms with Crippen LogP contribution < -0.4 is 11.3 Å². The van der Waals surface area contributed by atoms with Crippen molar-refractivity contribution in [1.82, 2.24) is 30.2 Å². The van der Waals surface area contributed by atoms with Gasteiger partial charge in [-0.15, -0.1) is 5.10 Å². The van der Waals surface area contributed by atoms with Crippen LogP contribution in [-0.4, -0.2) is 30.2 Å². The number of benzene rings is 1. The predicted octanol–water partition coefficient (Wildman–Crippen LogP) is 1.10. The zero-order valence-electron chi connectivity index (χ0n) is 11.1. The molecule has 0 aliphatic carbocycles. The van der Waals surface area contributed by atoms with Crippen LogP contribution in [-0.2, 0) is 7.05 Å². The van der Waals surface area contributed by atoms with Gasteiger partial charge in [0.1, 0.15) is 10.8 Å². The summed E-state index contributed by atoms with van der Waals surface area (Å²) in [5, 5.41) is 12.6. The Morgan fingerprint density at radius 2 is 2.00 bits per heavy atom. The van der Waals surface area contributed by atoms with Gasteiger partial charge in [0.05, 0.1) is 0 Å². The smallest absolute Gasteiger partial charge is 0.215 e. The maximum Gasteiger partial charge on any atom is 0.215 e. The summed E-state index contributed by atoms with van der Waals surface area (Å²) in [5.41, 5.74) is 3.46. The molecule has 0 saturated heterocycles. The quantitative estimate of drug-likeness (QED) is 0.419. The molecule has 2 heterocycles. The monoisotopic (exact) mass is 300 g/mol. The lowest BCUT2D eigenvalue weighted by atomic mass is 10.2. The number of tetrazole rings is 1. The molecule has 0 amide bonds. The molecule has 3 aromatic rings. The highest BCUT2D eigenvalue weighted by atomic mass is 32.2. The number of hydrazine groups is 1. The van der Waals surface area contributed by atoms with Crippen molar-refractivity contribution in [2.24, 2.45) is 12.9 Å². The standard InChI is InChI=1S/C12H12N8S/c1-20-12(17-18-19-20)21-10-7-9(16-13)14-11(15-10)8-5-3-2-4-6-8/h2-7H,13H2,1H3,(H,14,15,16). The molecule has 9 heteroatoms. The molecule has 0 aliphatic rings. The molecule has 8 nitrogen and oxygen atoms in total. The van der Waals surface area contributed by atoms with Crippen LogP contribution in [0.5, 0.6) is 0 Å². The van der Waals surface area contributed by atoms with E-state index in [4.69, 9.17) is 5.84 Å². The first-order valence-corrected chi connectivity index (χ1v) is 6.89. The first-order chi connectivity index (χ1) is 10.3. The second kappa shape index (κ2) is 5.85. The van der Waals surface area contributed by atoms with Crippen molar-refractivity contribution >= 4 is 17.6 Å². The van der Waals surface area contributed by atoms with Gasteiger partial charge >= 0.3 is 0 Å². The zero-order chi connectivity index (χ0) is 14.7. The van der Waals surface area contributed by atoms with E-state index in [0.29, 0.717) is 21.8 Å². The third-order valence-corrected chi connectivity index (χ3v) is 3.61. The Labute approximate surface area is 124 Å². The molecule has 1 aromatic carbocycles. The first kappa shape index (κ1) is 13.5. The molecule has 0 spiro atoms. The highest BCUT2D eigenvalue weighted by Crippen LogP contribution is 2.27. The molecule has 106 valence electrons. The van der Waals surface area contributed by atoms with Crippen LogP contribution in [0, 0.1) is 0 Å². The van der Waals surface area contributed by atoms with E-state index in [1.54, 1.807) is 17.8 Å². The summed E-state index contributed by atoms with van der Waals surface area (Å²) < 4.78 is 1.57. The third-order valence-electron chi connectivity index (χ3n) is 2.66. The largest absolute Gasteiger partial charge is 0.308 e. The minimum atomic E-state index is 0.529. The fraction of sp³-hybridized carbons (Fsp3) is 0.0833. The van der Waals surface area contributed by atoms with Gasteiger partial charge in [-0.1, -0.05) is 30.3 Å². The fourth-order valence-electron chi connectivity index (χ4n) is 1.67. The summed E-state index contributed by atoms with van der Waals surface area (Å²) in [6, 6.07) is 11.4. The topological polar surface area (TPSA) is 107 Å². The molecule has 0 fully saturated rings. The van der Waals surface area contributed by atoms with E-state index in [9.17, 15) is 0 Å². The lowest BCUT2D eigenvalue weighted by Crippen LogP contribution is -2.09. The highest BCUT2D eigenvalue weighted by molar-refractivity contribution is 7.99. The van der Waals surface area contributed by atoms with Crippen LogP contribution in [0.2, 0.25) is 0 Å². The van der Waals surface area contributed by atoms with Gasteiger partial charge in [-0.05, 0) is 22.2 Å². The van der Waals surface area contributed by atoms with Crippen LogP contribution in [0.4, 0.5) is 5.82 Å². The summed E-state index contributed by atoms with van der Waals surface area (Å²) in [4.78, 5) is 8.87. The average Bonchev–Trinajstić information content (AvgIpc) is 2.93. The number of nitrogens with one attached hydrogen (secondary N) is 1. The summed E-state index contributed by atoms with van der Waals surface area (Å²) in [6.45, 7) is 0. The molecule has 21 heavy (non-hydrogen) atoms. The van der Waals surface area contributed by atoms with E-state index < -0.39 is 0 Å². The normalized spacial score (nSPS) is 10.6. The Morgan fingerprint density at radius 1 is 1.19 bits per heavy atom. The number of hydrogen-bond acceptors (Lipinski definition) is 8. The van der Waals surface area contributed by atoms with Crippen LogP contribution >= 0.6 is 11.8 Å². The molecule has 0 aliphatic heterocycles. The molecular formula is C12H12N8S. The van der Waals surface area contributed by atoms with Crippen molar-refractivity contribution in [2.75, 3.05) is 5.43 Å². The number of aromatic nitrogens is 6. The summed E-state index contributed by atoms with van der Waals surface area (Å²) in [6.07, 6.45) is 0. The van der Waals surface area contributed by atoms with E-state index in [-0.39, 0.29) is 0 Å². The summed E-state index contributed by atoms with van der Waals surface area (Å²) in [7, 11) is 1.77. The Balaban J connectivity index is 1.99. The molecule has 0 saturated carbocycles. The molecule has 0 radical (unpaired) electrons. The van der Waals surface area contributed by atoms with E-state index in [1.165, 1.54) is 11.8 Å². The van der Waals surface area contributed by atoms with Crippen LogP contribution in [0.15, 0.2) is 46.6 Å². The maximum absolute atomic E-state index is 5.47. The minimum Gasteiger partial charge on any atom is -0.308 e. The van der Waals surface area contributed by atoms with Crippen LogP contribution in [0.3, 0.4) is 0 Å². The number of anilines is 1. The van der Waals surface area contributed by atoms with Crippen molar-refractivity contribution in [3.05, 3.63) is 36.4 Å². The van der Waals surface area contributed by atoms with Crippen LogP contribution in [0.25, 0.3) is 11.4 Å². The van der Waals surface area contributed by atoms with Crippen molar-refractivity contribution in [3.8, 4) is 11.4 Å². The SMILES string of the molecule is Cn1nnnc1Sc1cc(NN)nc(-c2ccccc2)n1. The molecular weight excluding hydrogens is 288 g/mol. The number of nitrogen functional groups attached to an aromatic ring is 1. The van der Waals surface area contributed by atoms with E-state index in [1.807, 2.05) is 30.3 Å². The lowest BCUT2D eigenvalue weighted by molar-refractivity contribution is 0.664. The average molecular weight is 300 g/mol. The lowest BCUT2D eigenvalue weighted by Gasteiger charge is -2.06. The maximum atomic E-state index is 5.47. The second-order valence-corrected chi connectivity index (χ2v) is 5.10. The van der Waals surface area contributed by atoms with Crippen molar-refractivity contribution < 1.29 is 0 Å². The summed E-state index contributed by atoms with van der Waals surface area (Å²) >= 11 is 1.34. The van der Waals surface area contributed by atoms with Crippen molar-refractivity contribution in [3.63, 3.8) is 0 Å². The number of aryl methyl sites for hydroxylation is 1. The Kier molecular flexibility index (Phi) is 3.75. The predicted molar refractivity (Wildman–Crippen MR) is 78.2 cm³/mol. The van der Waals surface area contributed by atoms with Gasteiger partial charge in [-0.3, -0.25) is 0 Å². The number of hydrogen-bond donors (Lipinski definition) is 2. The second-order valence-electron chi connectivity index (χ2n) is 4.11. The van der Waals surface area contributed by atoms with E-state index in [2.05, 4.69) is 30.9 Å². The summed E-state index contributed by atoms with van der Waals surface area (Å²) in [5.74, 6) is 6.59. The van der Waals surface area contributed by atoms with Crippen LogP contribution in [0.1, 0.15) is 0 Å². The molecule has 3 N–H and O–H groups in total. The Bertz CT molecular complexity index is 742. The number of nitrogens with two attached hydrogens (primary N) is 1. The van der Waals surface area contributed by atoms with Crippen molar-refractivity contribution in [2.45, 2.75) is 10.2 Å². The minimum absolute atomic E-state index is 0.529. The number of nitrogens with zero attached hydrogens (tertiary/aromatic N) is 6. The Morgan fingerprint density at radius 3 is 2.67 bits per heavy atom. The molecule has 0 unspecified atom stereocenters. The van der Waals surface area contributed by atoms with Gasteiger partial charge < -0.3 is 5.43 Å². The van der Waals surface area contributed by atoms with E-state index >= 15 is 0 Å². The molecule has 3 rings (SSSR count). The van der Waals surface area contributed by atoms with Gasteiger partial charge in [0.25, 0.3) is 0 Å². The van der Waals surface area contributed by atoms with Gasteiger partial charge in [0, 0.05) is 18.7 Å². The third kappa shape index (κ3) is 2.98. The van der Waals surface area contributed by atoms with Gasteiger partial charge in [0.2, 0.25) is 5.16 Å². The fourth-order valence-corrected chi connectivity index (χ4v) is 2.40. The van der Waals surface area contributed by atoms with Gasteiger partial charge in [-0.2, -0.15) is 0 Å². The molecule has 2 aromatic heterocycles. The molecule has 0 bridgehead atoms. The van der Waals surface area contributed by atoms with Crippen molar-refractivity contribution in [1.29, 1.82) is 0 Å². The van der Waals surface area contributed by atoms with E-state index in [0.717, 1.165) is 5.56 Å². The first-order valence-electron chi connectivity index (χ1n) is 6.07. The highest BCUT2D eigenvalue weighted by Gasteiger charge is 2.10. The Hall–Kier alpha value is -2.52. The van der Waals surface area contributed by atoms with Gasteiger partial charge in [0.15, 0.2) is 5.82 Å².